The minimum atomic E-state index is 0. The second-order valence-corrected chi connectivity index (χ2v) is 5.85. The first-order valence-electron chi connectivity index (χ1n) is 7.93. The summed E-state index contributed by atoms with van der Waals surface area (Å²) in [5.41, 5.74) is 2.90. The fourth-order valence-electron chi connectivity index (χ4n) is 2.80. The Morgan fingerprint density at radius 1 is 1.26 bits per heavy atom. The molecule has 1 aliphatic rings. The smallest absolute Gasteiger partial charge is 0.220 e. The summed E-state index contributed by atoms with van der Waals surface area (Å²) in [4.78, 5) is 14.2. The highest BCUT2D eigenvalue weighted by Gasteiger charge is 2.20. The lowest BCUT2D eigenvalue weighted by Crippen LogP contribution is -2.44. The van der Waals surface area contributed by atoms with E-state index in [1.54, 1.807) is 0 Å². The molecule has 1 atom stereocenters. The first-order valence-corrected chi connectivity index (χ1v) is 7.93. The van der Waals surface area contributed by atoms with Crippen molar-refractivity contribution in [2.45, 2.75) is 38.8 Å². The average molecular weight is 362 g/mol. The van der Waals surface area contributed by atoms with Gasteiger partial charge in [-0.1, -0.05) is 24.3 Å². The summed E-state index contributed by atoms with van der Waals surface area (Å²) in [7, 11) is 1.91. The van der Waals surface area contributed by atoms with Crippen molar-refractivity contribution in [2.75, 3.05) is 26.7 Å². The van der Waals surface area contributed by atoms with Crippen LogP contribution in [0.5, 0.6) is 0 Å². The normalized spacial score (nSPS) is 14.9. The summed E-state index contributed by atoms with van der Waals surface area (Å²) < 4.78 is 0. The summed E-state index contributed by atoms with van der Waals surface area (Å²) in [5.74, 6) is 0.162. The molecular formula is C17H29Cl2N3O. The van der Waals surface area contributed by atoms with E-state index in [1.807, 2.05) is 7.05 Å². The van der Waals surface area contributed by atoms with E-state index in [2.05, 4.69) is 46.7 Å². The van der Waals surface area contributed by atoms with E-state index in [1.165, 1.54) is 11.1 Å². The minimum absolute atomic E-state index is 0. The van der Waals surface area contributed by atoms with Gasteiger partial charge in [0, 0.05) is 32.1 Å². The predicted molar refractivity (Wildman–Crippen MR) is 101 cm³/mol. The molecule has 6 heteroatoms. The Morgan fingerprint density at radius 3 is 2.65 bits per heavy atom. The maximum Gasteiger partial charge on any atom is 0.220 e. The van der Waals surface area contributed by atoms with Crippen molar-refractivity contribution in [1.29, 1.82) is 0 Å². The highest BCUT2D eigenvalue weighted by Crippen LogP contribution is 2.19. The maximum atomic E-state index is 11.7. The highest BCUT2D eigenvalue weighted by atomic mass is 35.5. The van der Waals surface area contributed by atoms with Crippen LogP contribution in [0.4, 0.5) is 0 Å². The summed E-state index contributed by atoms with van der Waals surface area (Å²) in [5, 5.41) is 6.12. The van der Waals surface area contributed by atoms with E-state index in [4.69, 9.17) is 0 Å². The van der Waals surface area contributed by atoms with Gasteiger partial charge in [0.15, 0.2) is 0 Å². The number of nitrogens with one attached hydrogen (secondary N) is 2. The van der Waals surface area contributed by atoms with E-state index in [9.17, 15) is 4.79 Å². The molecule has 0 aromatic heterocycles. The zero-order valence-electron chi connectivity index (χ0n) is 14.0. The lowest BCUT2D eigenvalue weighted by Gasteiger charge is -2.33. The first-order chi connectivity index (χ1) is 10.2. The number of fused-ring (bicyclic) bond motifs is 1. The Bertz CT molecular complexity index is 471. The van der Waals surface area contributed by atoms with Crippen LogP contribution in [0.25, 0.3) is 0 Å². The van der Waals surface area contributed by atoms with Gasteiger partial charge in [-0.2, -0.15) is 0 Å². The molecular weight excluding hydrogens is 333 g/mol. The van der Waals surface area contributed by atoms with E-state index >= 15 is 0 Å². The fourth-order valence-corrected chi connectivity index (χ4v) is 2.80. The van der Waals surface area contributed by atoms with E-state index in [0.717, 1.165) is 39.0 Å². The van der Waals surface area contributed by atoms with Gasteiger partial charge >= 0.3 is 0 Å². The lowest BCUT2D eigenvalue weighted by atomic mass is 9.99. The van der Waals surface area contributed by atoms with Crippen LogP contribution in [0.1, 0.15) is 30.9 Å². The minimum Gasteiger partial charge on any atom is -0.355 e. The van der Waals surface area contributed by atoms with Crippen LogP contribution in [-0.4, -0.2) is 43.5 Å². The number of hydrogen-bond donors (Lipinski definition) is 2. The summed E-state index contributed by atoms with van der Waals surface area (Å²) in [6.45, 7) is 5.90. The van der Waals surface area contributed by atoms with Crippen LogP contribution < -0.4 is 10.6 Å². The van der Waals surface area contributed by atoms with Crippen molar-refractivity contribution in [2.24, 2.45) is 0 Å². The van der Waals surface area contributed by atoms with Crippen molar-refractivity contribution in [1.82, 2.24) is 15.5 Å². The molecule has 4 nitrogen and oxygen atoms in total. The summed E-state index contributed by atoms with van der Waals surface area (Å²) in [6.07, 6.45) is 2.61. The quantitative estimate of drug-likeness (QED) is 0.732. The van der Waals surface area contributed by atoms with E-state index in [0.29, 0.717) is 12.5 Å². The Labute approximate surface area is 152 Å². The van der Waals surface area contributed by atoms with Crippen LogP contribution in [0, 0.1) is 0 Å². The molecule has 0 fully saturated rings. The molecule has 1 heterocycles. The molecule has 0 spiro atoms. The van der Waals surface area contributed by atoms with Crippen LogP contribution in [-0.2, 0) is 17.8 Å². The largest absolute Gasteiger partial charge is 0.355 e. The molecule has 2 rings (SSSR count). The van der Waals surface area contributed by atoms with Crippen molar-refractivity contribution < 1.29 is 4.79 Å². The van der Waals surface area contributed by atoms with Crippen molar-refractivity contribution >= 4 is 30.7 Å². The van der Waals surface area contributed by atoms with E-state index in [-0.39, 0.29) is 30.7 Å². The van der Waals surface area contributed by atoms with E-state index < -0.39 is 0 Å². The zero-order chi connectivity index (χ0) is 15.1. The monoisotopic (exact) mass is 361 g/mol. The molecule has 23 heavy (non-hydrogen) atoms. The molecule has 1 aromatic carbocycles. The second kappa shape index (κ2) is 11.7. The van der Waals surface area contributed by atoms with Crippen molar-refractivity contribution in [3.8, 4) is 0 Å². The molecule has 0 saturated heterocycles. The maximum absolute atomic E-state index is 11.7. The number of hydrogen-bond acceptors (Lipinski definition) is 3. The Morgan fingerprint density at radius 2 is 1.96 bits per heavy atom. The SMILES string of the molecule is CNCCCC(=O)NCC(C)N1CCc2ccccc2C1.Cl.Cl. The van der Waals surface area contributed by atoms with Gasteiger partial charge < -0.3 is 10.6 Å². The first kappa shape index (κ1) is 22.2. The van der Waals surface area contributed by atoms with Crippen LogP contribution in [0.2, 0.25) is 0 Å². The molecule has 0 bridgehead atoms. The van der Waals surface area contributed by atoms with Crippen molar-refractivity contribution in [3.05, 3.63) is 35.4 Å². The molecule has 1 unspecified atom stereocenters. The van der Waals surface area contributed by atoms with Crippen LogP contribution >= 0.6 is 24.8 Å². The van der Waals surface area contributed by atoms with Crippen molar-refractivity contribution in [3.63, 3.8) is 0 Å². The molecule has 2 N–H and O–H groups in total. The van der Waals surface area contributed by atoms with Gasteiger partial charge in [0.1, 0.15) is 0 Å². The van der Waals surface area contributed by atoms with Gasteiger partial charge in [-0.25, -0.2) is 0 Å². The topological polar surface area (TPSA) is 44.4 Å². The van der Waals surface area contributed by atoms with Crippen LogP contribution in [0.3, 0.4) is 0 Å². The molecule has 1 aromatic rings. The van der Waals surface area contributed by atoms with Gasteiger partial charge in [-0.3, -0.25) is 9.69 Å². The second-order valence-electron chi connectivity index (χ2n) is 5.85. The number of carbonyl (C=O) groups excluding carboxylic acids is 1. The molecule has 0 radical (unpaired) electrons. The van der Waals surface area contributed by atoms with Gasteiger partial charge in [0.2, 0.25) is 5.91 Å². The van der Waals surface area contributed by atoms with Gasteiger partial charge in [0.05, 0.1) is 0 Å². The summed E-state index contributed by atoms with van der Waals surface area (Å²) >= 11 is 0. The molecule has 0 aliphatic carbocycles. The van der Waals surface area contributed by atoms with Crippen LogP contribution in [0.15, 0.2) is 24.3 Å². The lowest BCUT2D eigenvalue weighted by molar-refractivity contribution is -0.121. The third-order valence-corrected chi connectivity index (χ3v) is 4.21. The third-order valence-electron chi connectivity index (χ3n) is 4.21. The third kappa shape index (κ3) is 7.08. The standard InChI is InChI=1S/C17H27N3O.2ClH/c1-14(12-19-17(21)8-5-10-18-2)20-11-9-15-6-3-4-7-16(15)13-20;;/h3-4,6-7,14,18H,5,8-13H2,1-2H3,(H,19,21);2*1H. The predicted octanol–water partition coefficient (Wildman–Crippen LogP) is 2.39. The number of amides is 1. The number of benzene rings is 1. The molecule has 1 aliphatic heterocycles. The average Bonchev–Trinajstić information content (AvgIpc) is 2.52. The number of nitrogens with zero attached hydrogens (tertiary/aromatic N) is 1. The zero-order valence-corrected chi connectivity index (χ0v) is 15.6. The Hall–Kier alpha value is -0.810. The number of rotatable bonds is 7. The number of halogens is 2. The highest BCUT2D eigenvalue weighted by molar-refractivity contribution is 5.85. The molecule has 1 amide bonds. The summed E-state index contributed by atoms with van der Waals surface area (Å²) in [6, 6.07) is 9.04. The Balaban J connectivity index is 0.00000242. The molecule has 0 saturated carbocycles. The fraction of sp³-hybridized carbons (Fsp3) is 0.588. The van der Waals surface area contributed by atoms with Gasteiger partial charge in [-0.15, -0.1) is 24.8 Å². The Kier molecular flexibility index (Phi) is 11.3. The number of carbonyl (C=O) groups is 1. The van der Waals surface area contributed by atoms with Gasteiger partial charge in [-0.05, 0) is 44.5 Å². The van der Waals surface area contributed by atoms with Gasteiger partial charge in [0.25, 0.3) is 0 Å². The molecule has 132 valence electrons.